The van der Waals surface area contributed by atoms with E-state index in [0.29, 0.717) is 36.5 Å². The van der Waals surface area contributed by atoms with Crippen molar-refractivity contribution in [3.8, 4) is 5.75 Å². The molecule has 0 atom stereocenters. The third-order valence-electron chi connectivity index (χ3n) is 3.53. The quantitative estimate of drug-likeness (QED) is 0.694. The molecule has 128 valence electrons. The van der Waals surface area contributed by atoms with E-state index < -0.39 is 5.60 Å². The number of piperidine rings is 1. The summed E-state index contributed by atoms with van der Waals surface area (Å²) in [4.78, 5) is 17.8. The number of halogens is 2. The summed E-state index contributed by atoms with van der Waals surface area (Å²) in [6.07, 6.45) is 3.19. The Balaban J connectivity index is 1.79. The van der Waals surface area contributed by atoms with Gasteiger partial charge in [-0.1, -0.05) is 11.6 Å². The molecular weight excluding hydrogens is 384 g/mol. The van der Waals surface area contributed by atoms with Gasteiger partial charge in [0.1, 0.15) is 16.5 Å². The molecular formula is C16H22BrClN2O3. The lowest BCUT2D eigenvalue weighted by atomic mass is 9.98. The molecule has 0 radical (unpaired) electrons. The summed E-state index contributed by atoms with van der Waals surface area (Å²) in [6, 6.07) is 1.70. The average molecular weight is 406 g/mol. The summed E-state index contributed by atoms with van der Waals surface area (Å²) in [5.41, 5.74) is -0.454. The van der Waals surface area contributed by atoms with E-state index >= 15 is 0 Å². The smallest absolute Gasteiger partial charge is 0.410 e. The normalized spacial score (nSPS) is 16.3. The van der Waals surface area contributed by atoms with Crippen LogP contribution in [0.4, 0.5) is 4.79 Å². The number of aromatic nitrogens is 1. The Morgan fingerprint density at radius 1 is 1.43 bits per heavy atom. The lowest BCUT2D eigenvalue weighted by molar-refractivity contribution is 0.0165. The number of carbonyl (C=O) groups excluding carboxylic acids is 1. The molecule has 1 aliphatic rings. The van der Waals surface area contributed by atoms with E-state index in [0.717, 1.165) is 17.3 Å². The van der Waals surface area contributed by atoms with Gasteiger partial charge in [0.15, 0.2) is 0 Å². The van der Waals surface area contributed by atoms with Crippen molar-refractivity contribution < 1.29 is 14.3 Å². The standard InChI is InChI=1S/C16H22BrClN2O3/c1-16(2,3)23-15(21)20-6-4-11(5-7-20)10-22-13-8-14(18)19-9-12(13)17/h8-9,11H,4-7,10H2,1-3H3. The molecule has 0 aliphatic carbocycles. The van der Waals surface area contributed by atoms with Crippen LogP contribution in [0, 0.1) is 5.92 Å². The maximum absolute atomic E-state index is 12.0. The summed E-state index contributed by atoms with van der Waals surface area (Å²) in [5, 5.41) is 0.406. The molecule has 0 saturated carbocycles. The third-order valence-corrected chi connectivity index (χ3v) is 4.33. The molecule has 1 aliphatic heterocycles. The van der Waals surface area contributed by atoms with Gasteiger partial charge >= 0.3 is 6.09 Å². The Morgan fingerprint density at radius 3 is 2.70 bits per heavy atom. The first-order valence-electron chi connectivity index (χ1n) is 7.66. The van der Waals surface area contributed by atoms with Crippen LogP contribution in [-0.4, -0.2) is 41.3 Å². The second-order valence-corrected chi connectivity index (χ2v) is 7.90. The highest BCUT2D eigenvalue weighted by molar-refractivity contribution is 9.10. The van der Waals surface area contributed by atoms with E-state index in [4.69, 9.17) is 21.1 Å². The van der Waals surface area contributed by atoms with Crippen molar-refractivity contribution in [3.05, 3.63) is 21.9 Å². The zero-order valence-corrected chi connectivity index (χ0v) is 16.0. The minimum atomic E-state index is -0.454. The number of likely N-dealkylation sites (tertiary alicyclic amines) is 1. The van der Waals surface area contributed by atoms with Crippen LogP contribution in [0.3, 0.4) is 0 Å². The molecule has 1 aromatic rings. The van der Waals surface area contributed by atoms with Gasteiger partial charge in [0.05, 0.1) is 11.1 Å². The van der Waals surface area contributed by atoms with Crippen LogP contribution >= 0.6 is 27.5 Å². The summed E-state index contributed by atoms with van der Waals surface area (Å²) in [6.45, 7) is 7.62. The van der Waals surface area contributed by atoms with Crippen LogP contribution in [0.25, 0.3) is 0 Å². The van der Waals surface area contributed by atoms with Crippen LogP contribution in [0.5, 0.6) is 5.75 Å². The molecule has 0 aromatic carbocycles. The van der Waals surface area contributed by atoms with E-state index in [1.54, 1.807) is 17.2 Å². The molecule has 0 N–H and O–H groups in total. The van der Waals surface area contributed by atoms with Crippen LogP contribution in [-0.2, 0) is 4.74 Å². The van der Waals surface area contributed by atoms with Crippen molar-refractivity contribution >= 4 is 33.6 Å². The lowest BCUT2D eigenvalue weighted by Gasteiger charge is -2.33. The summed E-state index contributed by atoms with van der Waals surface area (Å²) < 4.78 is 12.0. The van der Waals surface area contributed by atoms with E-state index in [-0.39, 0.29) is 6.09 Å². The van der Waals surface area contributed by atoms with Crippen molar-refractivity contribution in [3.63, 3.8) is 0 Å². The molecule has 7 heteroatoms. The molecule has 1 aromatic heterocycles. The Hall–Kier alpha value is -1.01. The van der Waals surface area contributed by atoms with Crippen molar-refractivity contribution in [1.29, 1.82) is 0 Å². The first-order chi connectivity index (χ1) is 10.7. The number of pyridine rings is 1. The highest BCUT2D eigenvalue weighted by Crippen LogP contribution is 2.28. The Morgan fingerprint density at radius 2 is 2.09 bits per heavy atom. The zero-order valence-electron chi connectivity index (χ0n) is 13.6. The van der Waals surface area contributed by atoms with E-state index in [1.807, 2.05) is 20.8 Å². The van der Waals surface area contributed by atoms with Crippen LogP contribution in [0.1, 0.15) is 33.6 Å². The number of hydrogen-bond donors (Lipinski definition) is 0. The maximum Gasteiger partial charge on any atom is 0.410 e. The first-order valence-corrected chi connectivity index (χ1v) is 8.83. The van der Waals surface area contributed by atoms with Gasteiger partial charge in [-0.25, -0.2) is 9.78 Å². The van der Waals surface area contributed by atoms with Gasteiger partial charge in [0, 0.05) is 25.4 Å². The first kappa shape index (κ1) is 18.3. The van der Waals surface area contributed by atoms with Gasteiger partial charge in [0.2, 0.25) is 0 Å². The number of ether oxygens (including phenoxy) is 2. The molecule has 1 fully saturated rings. The topological polar surface area (TPSA) is 51.7 Å². The summed E-state index contributed by atoms with van der Waals surface area (Å²) >= 11 is 9.27. The monoisotopic (exact) mass is 404 g/mol. The van der Waals surface area contributed by atoms with Crippen LogP contribution in [0.15, 0.2) is 16.7 Å². The third kappa shape index (κ3) is 5.84. The van der Waals surface area contributed by atoms with Crippen molar-refractivity contribution in [2.45, 2.75) is 39.2 Å². The molecule has 1 amide bonds. The zero-order chi connectivity index (χ0) is 17.0. The van der Waals surface area contributed by atoms with Gasteiger partial charge < -0.3 is 14.4 Å². The van der Waals surface area contributed by atoms with Crippen LogP contribution < -0.4 is 4.74 Å². The summed E-state index contributed by atoms with van der Waals surface area (Å²) in [5.74, 6) is 1.10. The largest absolute Gasteiger partial charge is 0.492 e. The molecule has 2 heterocycles. The number of nitrogens with zero attached hydrogens (tertiary/aromatic N) is 2. The molecule has 5 nitrogen and oxygen atoms in total. The van der Waals surface area contributed by atoms with E-state index in [1.165, 1.54) is 0 Å². The molecule has 1 saturated heterocycles. The predicted octanol–water partition coefficient (Wildman–Crippen LogP) is 4.52. The number of amides is 1. The fourth-order valence-electron chi connectivity index (χ4n) is 2.32. The van der Waals surface area contributed by atoms with Gasteiger partial charge in [-0.05, 0) is 55.5 Å². The fraction of sp³-hybridized carbons (Fsp3) is 0.625. The fourth-order valence-corrected chi connectivity index (χ4v) is 2.80. The Bertz CT molecular complexity index is 555. The summed E-state index contributed by atoms with van der Waals surface area (Å²) in [7, 11) is 0. The maximum atomic E-state index is 12.0. The predicted molar refractivity (Wildman–Crippen MR) is 93.0 cm³/mol. The van der Waals surface area contributed by atoms with Crippen molar-refractivity contribution in [2.24, 2.45) is 5.92 Å². The lowest BCUT2D eigenvalue weighted by Crippen LogP contribution is -2.42. The minimum absolute atomic E-state index is 0.236. The van der Waals surface area contributed by atoms with Gasteiger partial charge in [-0.15, -0.1) is 0 Å². The Labute approximate surface area is 150 Å². The number of rotatable bonds is 3. The van der Waals surface area contributed by atoms with Gasteiger partial charge in [-0.2, -0.15) is 0 Å². The molecule has 0 unspecified atom stereocenters. The Kier molecular flexibility index (Phi) is 6.14. The molecule has 0 spiro atoms. The van der Waals surface area contributed by atoms with Crippen LogP contribution in [0.2, 0.25) is 5.15 Å². The van der Waals surface area contributed by atoms with Gasteiger partial charge in [-0.3, -0.25) is 0 Å². The van der Waals surface area contributed by atoms with E-state index in [2.05, 4.69) is 20.9 Å². The highest BCUT2D eigenvalue weighted by atomic mass is 79.9. The van der Waals surface area contributed by atoms with Gasteiger partial charge in [0.25, 0.3) is 0 Å². The molecule has 2 rings (SSSR count). The average Bonchev–Trinajstić information content (AvgIpc) is 2.47. The number of hydrogen-bond acceptors (Lipinski definition) is 4. The minimum Gasteiger partial charge on any atom is -0.492 e. The highest BCUT2D eigenvalue weighted by Gasteiger charge is 2.27. The van der Waals surface area contributed by atoms with E-state index in [9.17, 15) is 4.79 Å². The second kappa shape index (κ2) is 7.71. The van der Waals surface area contributed by atoms with Crippen molar-refractivity contribution in [1.82, 2.24) is 9.88 Å². The second-order valence-electron chi connectivity index (χ2n) is 6.66. The molecule has 23 heavy (non-hydrogen) atoms. The molecule has 0 bridgehead atoms. The SMILES string of the molecule is CC(C)(C)OC(=O)N1CCC(COc2cc(Cl)ncc2Br)CC1. The van der Waals surface area contributed by atoms with Crippen molar-refractivity contribution in [2.75, 3.05) is 19.7 Å². The number of carbonyl (C=O) groups is 1.